The highest BCUT2D eigenvalue weighted by atomic mass is 19.4. The molecule has 0 aliphatic rings. The van der Waals surface area contributed by atoms with Gasteiger partial charge in [-0.05, 0) is 42.8 Å². The first kappa shape index (κ1) is 16.2. The molecule has 0 saturated heterocycles. The van der Waals surface area contributed by atoms with Crippen LogP contribution in [0.15, 0.2) is 30.3 Å². The number of aryl methyl sites for hydroxylation is 1. The molecule has 3 aromatic rings. The summed E-state index contributed by atoms with van der Waals surface area (Å²) in [6.07, 6.45) is -4.71. The van der Waals surface area contributed by atoms with E-state index in [1.807, 2.05) is 13.8 Å². The van der Waals surface area contributed by atoms with Crippen LogP contribution in [0.4, 0.5) is 13.2 Å². The summed E-state index contributed by atoms with van der Waals surface area (Å²) in [6.45, 7) is 5.68. The second-order valence-electron chi connectivity index (χ2n) is 5.73. The van der Waals surface area contributed by atoms with E-state index in [0.717, 1.165) is 11.4 Å². The van der Waals surface area contributed by atoms with Gasteiger partial charge in [0.1, 0.15) is 5.75 Å². The second kappa shape index (κ2) is 5.77. The van der Waals surface area contributed by atoms with Crippen LogP contribution in [0, 0.1) is 6.92 Å². The van der Waals surface area contributed by atoms with Crippen molar-refractivity contribution >= 4 is 5.65 Å². The molecule has 0 saturated carbocycles. The average Bonchev–Trinajstić information content (AvgIpc) is 2.88. The largest absolute Gasteiger partial charge is 0.573 e. The maximum absolute atomic E-state index is 12.3. The Morgan fingerprint density at radius 1 is 1.08 bits per heavy atom. The van der Waals surface area contributed by atoms with E-state index < -0.39 is 6.36 Å². The highest BCUT2D eigenvalue weighted by molar-refractivity contribution is 5.65. The molecular weight excluding hydrogens is 321 g/mol. The number of hydrogen-bond donors (Lipinski definition) is 0. The van der Waals surface area contributed by atoms with Gasteiger partial charge in [0, 0.05) is 11.5 Å². The normalized spacial score (nSPS) is 12.1. The lowest BCUT2D eigenvalue weighted by atomic mass is 10.1. The van der Waals surface area contributed by atoms with Crippen molar-refractivity contribution in [2.24, 2.45) is 0 Å². The predicted molar refractivity (Wildman–Crippen MR) is 81.7 cm³/mol. The van der Waals surface area contributed by atoms with Crippen LogP contribution in [0.2, 0.25) is 0 Å². The zero-order valence-corrected chi connectivity index (χ0v) is 13.3. The van der Waals surface area contributed by atoms with E-state index in [1.54, 1.807) is 29.6 Å². The number of rotatable bonds is 3. The highest BCUT2D eigenvalue weighted by Gasteiger charge is 2.31. The molecule has 0 radical (unpaired) electrons. The van der Waals surface area contributed by atoms with Gasteiger partial charge in [-0.2, -0.15) is 9.61 Å². The molecule has 8 heteroatoms. The third-order valence-electron chi connectivity index (χ3n) is 3.51. The fourth-order valence-electron chi connectivity index (χ4n) is 2.43. The van der Waals surface area contributed by atoms with Crippen molar-refractivity contribution in [2.45, 2.75) is 33.1 Å². The third kappa shape index (κ3) is 3.17. The van der Waals surface area contributed by atoms with E-state index >= 15 is 0 Å². The Morgan fingerprint density at radius 3 is 2.46 bits per heavy atom. The Morgan fingerprint density at radius 2 is 1.83 bits per heavy atom. The van der Waals surface area contributed by atoms with Crippen LogP contribution in [0.5, 0.6) is 5.75 Å². The van der Waals surface area contributed by atoms with Crippen LogP contribution < -0.4 is 4.74 Å². The summed E-state index contributed by atoms with van der Waals surface area (Å²) in [5.41, 5.74) is 2.59. The van der Waals surface area contributed by atoms with Gasteiger partial charge in [0.05, 0.1) is 5.69 Å². The van der Waals surface area contributed by atoms with Gasteiger partial charge < -0.3 is 4.74 Å². The first-order chi connectivity index (χ1) is 11.2. The van der Waals surface area contributed by atoms with E-state index in [1.165, 1.54) is 12.1 Å². The number of fused-ring (bicyclic) bond motifs is 1. The molecule has 2 aromatic heterocycles. The van der Waals surface area contributed by atoms with Crippen LogP contribution in [0.25, 0.3) is 16.9 Å². The minimum Gasteiger partial charge on any atom is -0.406 e. The predicted octanol–water partition coefficient (Wildman–Crippen LogP) is 4.12. The van der Waals surface area contributed by atoms with Crippen LogP contribution in [0.3, 0.4) is 0 Å². The number of halogens is 3. The molecule has 126 valence electrons. The number of alkyl halides is 3. The average molecular weight is 336 g/mol. The standard InChI is InChI=1S/C16H15F3N4O/c1-9(2)15-21-20-14-7-6-13(22-23(14)15)12-5-4-11(8-10(12)3)24-16(17,18)19/h4-9H,1-3H3. The summed E-state index contributed by atoms with van der Waals surface area (Å²) >= 11 is 0. The molecule has 0 fully saturated rings. The number of hydrogen-bond acceptors (Lipinski definition) is 4. The summed E-state index contributed by atoms with van der Waals surface area (Å²) in [7, 11) is 0. The molecule has 0 atom stereocenters. The van der Waals surface area contributed by atoms with Crippen molar-refractivity contribution < 1.29 is 17.9 Å². The van der Waals surface area contributed by atoms with Crippen molar-refractivity contribution in [1.82, 2.24) is 19.8 Å². The van der Waals surface area contributed by atoms with Crippen molar-refractivity contribution in [3.63, 3.8) is 0 Å². The van der Waals surface area contributed by atoms with Crippen molar-refractivity contribution in [2.75, 3.05) is 0 Å². The van der Waals surface area contributed by atoms with Crippen molar-refractivity contribution in [1.29, 1.82) is 0 Å². The Hall–Kier alpha value is -2.64. The van der Waals surface area contributed by atoms with E-state index in [-0.39, 0.29) is 11.7 Å². The summed E-state index contributed by atoms with van der Waals surface area (Å²) in [5.74, 6) is 0.616. The molecule has 2 heterocycles. The fourth-order valence-corrected chi connectivity index (χ4v) is 2.43. The number of ether oxygens (including phenoxy) is 1. The van der Waals surface area contributed by atoms with Crippen molar-refractivity contribution in [3.05, 3.63) is 41.7 Å². The van der Waals surface area contributed by atoms with Gasteiger partial charge in [-0.1, -0.05) is 13.8 Å². The molecule has 24 heavy (non-hydrogen) atoms. The zero-order valence-electron chi connectivity index (χ0n) is 13.3. The molecule has 0 spiro atoms. The van der Waals surface area contributed by atoms with Gasteiger partial charge in [0.15, 0.2) is 11.5 Å². The number of benzene rings is 1. The summed E-state index contributed by atoms with van der Waals surface area (Å²) in [5, 5.41) is 12.7. The van der Waals surface area contributed by atoms with E-state index in [2.05, 4.69) is 20.0 Å². The van der Waals surface area contributed by atoms with Crippen LogP contribution in [-0.4, -0.2) is 26.2 Å². The molecule has 0 aliphatic carbocycles. The lowest BCUT2D eigenvalue weighted by Crippen LogP contribution is -2.17. The van der Waals surface area contributed by atoms with Crippen molar-refractivity contribution in [3.8, 4) is 17.0 Å². The Kier molecular flexibility index (Phi) is 3.90. The molecule has 0 N–H and O–H groups in total. The third-order valence-corrected chi connectivity index (χ3v) is 3.51. The van der Waals surface area contributed by atoms with E-state index in [0.29, 0.717) is 16.9 Å². The van der Waals surface area contributed by atoms with Crippen LogP contribution >= 0.6 is 0 Å². The highest BCUT2D eigenvalue weighted by Crippen LogP contribution is 2.29. The maximum Gasteiger partial charge on any atom is 0.573 e. The molecule has 0 bridgehead atoms. The van der Waals surface area contributed by atoms with E-state index in [9.17, 15) is 13.2 Å². The minimum absolute atomic E-state index is 0.145. The number of aromatic nitrogens is 4. The quantitative estimate of drug-likeness (QED) is 0.722. The second-order valence-corrected chi connectivity index (χ2v) is 5.73. The first-order valence-electron chi connectivity index (χ1n) is 7.34. The molecular formula is C16H15F3N4O. The van der Waals surface area contributed by atoms with Gasteiger partial charge in [-0.25, -0.2) is 0 Å². The molecule has 0 aliphatic heterocycles. The Balaban J connectivity index is 2.02. The van der Waals surface area contributed by atoms with Gasteiger partial charge in [-0.15, -0.1) is 23.4 Å². The molecule has 0 unspecified atom stereocenters. The number of nitrogens with zero attached hydrogens (tertiary/aromatic N) is 4. The Labute approximate surface area is 136 Å². The van der Waals surface area contributed by atoms with Crippen LogP contribution in [0.1, 0.15) is 31.2 Å². The van der Waals surface area contributed by atoms with Gasteiger partial charge in [0.2, 0.25) is 0 Å². The zero-order chi connectivity index (χ0) is 17.5. The monoisotopic (exact) mass is 336 g/mol. The van der Waals surface area contributed by atoms with E-state index in [4.69, 9.17) is 0 Å². The lowest BCUT2D eigenvalue weighted by Gasteiger charge is -2.12. The summed E-state index contributed by atoms with van der Waals surface area (Å²) in [6, 6.07) is 7.72. The molecule has 3 rings (SSSR count). The summed E-state index contributed by atoms with van der Waals surface area (Å²) in [4.78, 5) is 0. The fraction of sp³-hybridized carbons (Fsp3) is 0.312. The molecule has 0 amide bonds. The molecule has 1 aromatic carbocycles. The lowest BCUT2D eigenvalue weighted by molar-refractivity contribution is -0.274. The Bertz CT molecular complexity index is 887. The smallest absolute Gasteiger partial charge is 0.406 e. The van der Waals surface area contributed by atoms with Gasteiger partial charge >= 0.3 is 6.36 Å². The molecule has 5 nitrogen and oxygen atoms in total. The SMILES string of the molecule is Cc1cc(OC(F)(F)F)ccc1-c1ccc2nnc(C(C)C)n2n1. The van der Waals surface area contributed by atoms with Gasteiger partial charge in [-0.3, -0.25) is 0 Å². The minimum atomic E-state index is -4.71. The maximum atomic E-state index is 12.3. The first-order valence-corrected chi connectivity index (χ1v) is 7.34. The summed E-state index contributed by atoms with van der Waals surface area (Å²) < 4.78 is 42.5. The van der Waals surface area contributed by atoms with Crippen LogP contribution in [-0.2, 0) is 0 Å². The topological polar surface area (TPSA) is 52.3 Å². The van der Waals surface area contributed by atoms with Gasteiger partial charge in [0.25, 0.3) is 0 Å².